The molecule has 0 amide bonds. The third-order valence-corrected chi connectivity index (χ3v) is 4.47. The lowest BCUT2D eigenvalue weighted by Crippen LogP contribution is -2.20. The highest BCUT2D eigenvalue weighted by Gasteiger charge is 2.08. The van der Waals surface area contributed by atoms with Gasteiger partial charge < -0.3 is 5.32 Å². The van der Waals surface area contributed by atoms with Gasteiger partial charge in [0.25, 0.3) is 0 Å². The molecular weight excluding hydrogens is 350 g/mol. The smallest absolute Gasteiger partial charge is 0.0645 e. The number of benzene rings is 2. The topological polar surface area (TPSA) is 29.9 Å². The van der Waals surface area contributed by atoms with E-state index in [1.165, 1.54) is 11.1 Å². The van der Waals surface area contributed by atoms with Crippen LogP contribution in [-0.2, 0) is 6.54 Å². The molecule has 0 saturated heterocycles. The largest absolute Gasteiger partial charge is 0.306 e. The quantitative estimate of drug-likeness (QED) is 0.671. The van der Waals surface area contributed by atoms with Gasteiger partial charge in [0.05, 0.1) is 5.69 Å². The summed E-state index contributed by atoms with van der Waals surface area (Å²) in [6, 6.07) is 19.3. The van der Waals surface area contributed by atoms with E-state index in [4.69, 9.17) is 0 Å². The number of rotatable bonds is 6. The Balaban J connectivity index is 1.63. The lowest BCUT2D eigenvalue weighted by Gasteiger charge is -2.18. The van der Waals surface area contributed by atoms with Crippen LogP contribution in [0.1, 0.15) is 30.5 Å². The first-order valence-electron chi connectivity index (χ1n) is 7.84. The summed E-state index contributed by atoms with van der Waals surface area (Å²) in [6.45, 7) is 3.06. The monoisotopic (exact) mass is 369 g/mol. The molecule has 0 radical (unpaired) electrons. The van der Waals surface area contributed by atoms with Crippen LogP contribution in [0.4, 0.5) is 0 Å². The second kappa shape index (κ2) is 7.57. The number of halogens is 1. The highest BCUT2D eigenvalue weighted by atomic mass is 79.9. The standard InChI is InChI=1S/C19H20BrN3/c1-2-19(16-6-8-17(20)9-7-16)21-14-15-4-10-18(11-5-15)23-13-3-12-22-23/h3-13,19,21H,2,14H2,1H3. The van der Waals surface area contributed by atoms with Crippen LogP contribution in [0.15, 0.2) is 71.5 Å². The van der Waals surface area contributed by atoms with E-state index < -0.39 is 0 Å². The Morgan fingerprint density at radius 2 is 1.83 bits per heavy atom. The maximum atomic E-state index is 4.25. The fourth-order valence-electron chi connectivity index (χ4n) is 2.62. The third kappa shape index (κ3) is 4.09. The summed E-state index contributed by atoms with van der Waals surface area (Å²) in [5.74, 6) is 0. The highest BCUT2D eigenvalue weighted by molar-refractivity contribution is 9.10. The van der Waals surface area contributed by atoms with Gasteiger partial charge in [0.2, 0.25) is 0 Å². The number of nitrogens with zero attached hydrogens (tertiary/aromatic N) is 2. The SMILES string of the molecule is CCC(NCc1ccc(-n2cccn2)cc1)c1ccc(Br)cc1. The molecule has 3 aromatic rings. The Hall–Kier alpha value is -1.91. The van der Waals surface area contributed by atoms with Crippen molar-refractivity contribution in [1.82, 2.24) is 15.1 Å². The molecule has 118 valence electrons. The number of hydrogen-bond acceptors (Lipinski definition) is 2. The van der Waals surface area contributed by atoms with Crippen LogP contribution in [0, 0.1) is 0 Å². The van der Waals surface area contributed by atoms with Crippen molar-refractivity contribution in [3.63, 3.8) is 0 Å². The van der Waals surface area contributed by atoms with Crippen LogP contribution in [0.25, 0.3) is 5.69 Å². The van der Waals surface area contributed by atoms with E-state index in [1.54, 1.807) is 6.20 Å². The van der Waals surface area contributed by atoms with Crippen molar-refractivity contribution in [2.75, 3.05) is 0 Å². The van der Waals surface area contributed by atoms with Gasteiger partial charge >= 0.3 is 0 Å². The molecule has 1 heterocycles. The Bertz CT molecular complexity index is 718. The molecule has 3 nitrogen and oxygen atoms in total. The summed E-state index contributed by atoms with van der Waals surface area (Å²) in [5.41, 5.74) is 3.68. The van der Waals surface area contributed by atoms with Gasteiger partial charge in [0, 0.05) is 29.5 Å². The van der Waals surface area contributed by atoms with E-state index in [0.717, 1.165) is 23.1 Å². The van der Waals surface area contributed by atoms with Gasteiger partial charge in [-0.15, -0.1) is 0 Å². The second-order valence-electron chi connectivity index (χ2n) is 5.51. The first-order chi connectivity index (χ1) is 11.3. The van der Waals surface area contributed by atoms with Gasteiger partial charge in [-0.25, -0.2) is 4.68 Å². The summed E-state index contributed by atoms with van der Waals surface area (Å²) in [7, 11) is 0. The van der Waals surface area contributed by atoms with Crippen LogP contribution >= 0.6 is 15.9 Å². The molecule has 4 heteroatoms. The summed E-state index contributed by atoms with van der Waals surface area (Å²) < 4.78 is 2.98. The Morgan fingerprint density at radius 3 is 2.43 bits per heavy atom. The van der Waals surface area contributed by atoms with Gasteiger partial charge in [-0.3, -0.25) is 0 Å². The summed E-state index contributed by atoms with van der Waals surface area (Å²) >= 11 is 3.49. The van der Waals surface area contributed by atoms with E-state index in [1.807, 2.05) is 16.9 Å². The van der Waals surface area contributed by atoms with Gasteiger partial charge in [-0.05, 0) is 47.9 Å². The molecule has 1 aromatic heterocycles. The van der Waals surface area contributed by atoms with E-state index >= 15 is 0 Å². The average molecular weight is 370 g/mol. The zero-order valence-electron chi connectivity index (χ0n) is 13.1. The molecule has 0 spiro atoms. The molecule has 0 fully saturated rings. The molecular formula is C19H20BrN3. The maximum Gasteiger partial charge on any atom is 0.0645 e. The molecule has 0 aliphatic heterocycles. The molecule has 0 aliphatic rings. The number of hydrogen-bond donors (Lipinski definition) is 1. The maximum absolute atomic E-state index is 4.25. The zero-order chi connectivity index (χ0) is 16.1. The van der Waals surface area contributed by atoms with E-state index in [2.05, 4.69) is 81.8 Å². The number of nitrogens with one attached hydrogen (secondary N) is 1. The van der Waals surface area contributed by atoms with E-state index in [0.29, 0.717) is 6.04 Å². The molecule has 2 aromatic carbocycles. The van der Waals surface area contributed by atoms with E-state index in [9.17, 15) is 0 Å². The molecule has 0 saturated carbocycles. The average Bonchev–Trinajstić information content (AvgIpc) is 3.12. The Morgan fingerprint density at radius 1 is 1.09 bits per heavy atom. The van der Waals surface area contributed by atoms with Gasteiger partial charge in [0.1, 0.15) is 0 Å². The summed E-state index contributed by atoms with van der Waals surface area (Å²) in [5, 5.41) is 7.89. The first-order valence-corrected chi connectivity index (χ1v) is 8.63. The van der Waals surface area contributed by atoms with Crippen molar-refractivity contribution < 1.29 is 0 Å². The van der Waals surface area contributed by atoms with Crippen LogP contribution in [0.2, 0.25) is 0 Å². The number of aromatic nitrogens is 2. The first kappa shape index (κ1) is 16.0. The molecule has 1 atom stereocenters. The molecule has 0 aliphatic carbocycles. The lowest BCUT2D eigenvalue weighted by molar-refractivity contribution is 0.519. The van der Waals surface area contributed by atoms with E-state index in [-0.39, 0.29) is 0 Å². The van der Waals surface area contributed by atoms with Crippen LogP contribution in [0.3, 0.4) is 0 Å². The Kier molecular flexibility index (Phi) is 5.26. The van der Waals surface area contributed by atoms with Gasteiger partial charge in [-0.2, -0.15) is 5.10 Å². The fourth-order valence-corrected chi connectivity index (χ4v) is 2.89. The normalized spacial score (nSPS) is 12.3. The van der Waals surface area contributed by atoms with Crippen molar-refractivity contribution >= 4 is 15.9 Å². The highest BCUT2D eigenvalue weighted by Crippen LogP contribution is 2.20. The van der Waals surface area contributed by atoms with Gasteiger partial charge in [0.15, 0.2) is 0 Å². The van der Waals surface area contributed by atoms with Gasteiger partial charge in [-0.1, -0.05) is 47.1 Å². The minimum atomic E-state index is 0.369. The minimum absolute atomic E-state index is 0.369. The lowest BCUT2D eigenvalue weighted by atomic mass is 10.0. The van der Waals surface area contributed by atoms with Crippen molar-refractivity contribution in [1.29, 1.82) is 0 Å². The predicted octanol–water partition coefficient (Wildman–Crippen LogP) is 4.88. The molecule has 1 unspecified atom stereocenters. The minimum Gasteiger partial charge on any atom is -0.306 e. The van der Waals surface area contributed by atoms with Crippen LogP contribution < -0.4 is 5.32 Å². The molecule has 23 heavy (non-hydrogen) atoms. The zero-order valence-corrected chi connectivity index (χ0v) is 14.7. The predicted molar refractivity (Wildman–Crippen MR) is 97.6 cm³/mol. The van der Waals surface area contributed by atoms with Crippen LogP contribution in [-0.4, -0.2) is 9.78 Å². The third-order valence-electron chi connectivity index (χ3n) is 3.94. The second-order valence-corrected chi connectivity index (χ2v) is 6.43. The Labute approximate surface area is 145 Å². The fraction of sp³-hybridized carbons (Fsp3) is 0.211. The van der Waals surface area contributed by atoms with Crippen molar-refractivity contribution in [2.24, 2.45) is 0 Å². The van der Waals surface area contributed by atoms with Crippen molar-refractivity contribution in [2.45, 2.75) is 25.9 Å². The van der Waals surface area contributed by atoms with Crippen molar-refractivity contribution in [3.05, 3.63) is 82.6 Å². The summed E-state index contributed by atoms with van der Waals surface area (Å²) in [4.78, 5) is 0. The molecule has 1 N–H and O–H groups in total. The molecule has 0 bridgehead atoms. The van der Waals surface area contributed by atoms with Crippen molar-refractivity contribution in [3.8, 4) is 5.69 Å². The van der Waals surface area contributed by atoms with Crippen LogP contribution in [0.5, 0.6) is 0 Å². The molecule has 3 rings (SSSR count). The summed E-state index contributed by atoms with van der Waals surface area (Å²) in [6.07, 6.45) is 4.81.